The molecular weight excluding hydrogens is 582 g/mol. The standard InChI is InChI=1S/C34H32BrNO5/c1-3-4-12-27-26-13-8-9-14-28(26)41-32(27)33(37)36(2)21-23-15-17-25-24(19-23)16-18-29(31(25)35)40-30(34(38)39)20-22-10-6-5-7-11-22/h5-11,13-19,30H,3-4,12,20-21H2,1-2H3,(H,38,39). The van der Waals surface area contributed by atoms with Crippen LogP contribution in [0.3, 0.4) is 0 Å². The Hall–Kier alpha value is -4.10. The highest BCUT2D eigenvalue weighted by Crippen LogP contribution is 2.35. The molecule has 0 radical (unpaired) electrons. The molecule has 7 heteroatoms. The largest absolute Gasteiger partial charge is 0.478 e. The molecule has 210 valence electrons. The number of benzene rings is 4. The van der Waals surface area contributed by atoms with E-state index in [9.17, 15) is 14.7 Å². The van der Waals surface area contributed by atoms with Gasteiger partial charge in [0.05, 0.1) is 4.47 Å². The summed E-state index contributed by atoms with van der Waals surface area (Å²) in [5, 5.41) is 12.6. The number of amides is 1. The van der Waals surface area contributed by atoms with E-state index in [0.717, 1.165) is 57.7 Å². The van der Waals surface area contributed by atoms with Crippen LogP contribution < -0.4 is 4.74 Å². The molecule has 4 aromatic carbocycles. The number of hydrogen-bond donors (Lipinski definition) is 1. The van der Waals surface area contributed by atoms with E-state index in [2.05, 4.69) is 22.9 Å². The van der Waals surface area contributed by atoms with Crippen molar-refractivity contribution in [3.8, 4) is 5.75 Å². The third-order valence-corrected chi connectivity index (χ3v) is 8.05. The zero-order valence-corrected chi connectivity index (χ0v) is 24.7. The van der Waals surface area contributed by atoms with Gasteiger partial charge in [0.1, 0.15) is 11.3 Å². The Labute approximate surface area is 247 Å². The second kappa shape index (κ2) is 12.6. The maximum atomic E-state index is 13.5. The fraction of sp³-hybridized carbons (Fsp3) is 0.235. The van der Waals surface area contributed by atoms with Gasteiger partial charge in [-0.3, -0.25) is 4.79 Å². The number of carboxylic acid groups (broad SMARTS) is 1. The molecule has 1 amide bonds. The van der Waals surface area contributed by atoms with Gasteiger partial charge >= 0.3 is 5.97 Å². The summed E-state index contributed by atoms with van der Waals surface area (Å²) in [6.45, 7) is 2.55. The minimum Gasteiger partial charge on any atom is -0.478 e. The molecule has 6 nitrogen and oxygen atoms in total. The van der Waals surface area contributed by atoms with E-state index in [0.29, 0.717) is 22.5 Å². The Morgan fingerprint density at radius 3 is 2.46 bits per heavy atom. The van der Waals surface area contributed by atoms with E-state index >= 15 is 0 Å². The zero-order valence-electron chi connectivity index (χ0n) is 23.1. The molecule has 41 heavy (non-hydrogen) atoms. The lowest BCUT2D eigenvalue weighted by Gasteiger charge is -2.19. The van der Waals surface area contributed by atoms with Gasteiger partial charge in [-0.15, -0.1) is 0 Å². The summed E-state index contributed by atoms with van der Waals surface area (Å²) in [4.78, 5) is 27.1. The summed E-state index contributed by atoms with van der Waals surface area (Å²) in [5.74, 6) is -0.289. The molecule has 0 aliphatic heterocycles. The maximum absolute atomic E-state index is 13.5. The summed E-state index contributed by atoms with van der Waals surface area (Å²) < 4.78 is 12.7. The number of unbranched alkanes of at least 4 members (excludes halogenated alkanes) is 1. The Kier molecular flexibility index (Phi) is 8.74. The fourth-order valence-electron chi connectivity index (χ4n) is 5.06. The number of furan rings is 1. The van der Waals surface area contributed by atoms with Crippen LogP contribution in [0.1, 0.15) is 47.0 Å². The van der Waals surface area contributed by atoms with E-state index in [1.165, 1.54) is 0 Å². The molecule has 0 bridgehead atoms. The number of halogens is 1. The second-order valence-corrected chi connectivity index (χ2v) is 11.0. The summed E-state index contributed by atoms with van der Waals surface area (Å²) >= 11 is 3.62. The zero-order chi connectivity index (χ0) is 28.9. The number of carbonyl (C=O) groups is 2. The van der Waals surface area contributed by atoms with Gasteiger partial charge in [0.2, 0.25) is 0 Å². The van der Waals surface area contributed by atoms with E-state index in [1.54, 1.807) is 18.0 Å². The van der Waals surface area contributed by atoms with Gasteiger partial charge in [0.15, 0.2) is 11.9 Å². The normalized spacial score (nSPS) is 12.0. The Bertz CT molecular complexity index is 1690. The second-order valence-electron chi connectivity index (χ2n) is 10.2. The van der Waals surface area contributed by atoms with E-state index in [1.807, 2.05) is 78.9 Å². The summed E-state index contributed by atoms with van der Waals surface area (Å²) in [6, 6.07) is 26.9. The molecule has 0 saturated carbocycles. The first-order valence-corrected chi connectivity index (χ1v) is 14.6. The van der Waals surface area contributed by atoms with Crippen LogP contribution in [0, 0.1) is 0 Å². The molecule has 1 aromatic heterocycles. The van der Waals surface area contributed by atoms with Crippen LogP contribution in [0.4, 0.5) is 0 Å². The van der Waals surface area contributed by atoms with Crippen molar-refractivity contribution in [3.05, 3.63) is 112 Å². The van der Waals surface area contributed by atoms with E-state index < -0.39 is 12.1 Å². The number of hydrogen-bond acceptors (Lipinski definition) is 4. The Balaban J connectivity index is 1.34. The van der Waals surface area contributed by atoms with Crippen LogP contribution in [-0.4, -0.2) is 35.0 Å². The SMILES string of the molecule is CCCCc1c(C(=O)N(C)Cc2ccc3c(Br)c(OC(Cc4ccccc4)C(=O)O)ccc3c2)oc2ccccc12. The van der Waals surface area contributed by atoms with Gasteiger partial charge in [-0.1, -0.05) is 80.1 Å². The third-order valence-electron chi connectivity index (χ3n) is 7.23. The minimum atomic E-state index is -1.02. The first kappa shape index (κ1) is 28.4. The topological polar surface area (TPSA) is 80.0 Å². The Morgan fingerprint density at radius 1 is 0.951 bits per heavy atom. The van der Waals surface area contributed by atoms with Gasteiger partial charge in [-0.05, 0) is 68.9 Å². The molecule has 1 heterocycles. The van der Waals surface area contributed by atoms with Crippen LogP contribution in [-0.2, 0) is 24.2 Å². The lowest BCUT2D eigenvalue weighted by atomic mass is 10.0. The lowest BCUT2D eigenvalue weighted by Crippen LogP contribution is -2.29. The van der Waals surface area contributed by atoms with Crippen molar-refractivity contribution < 1.29 is 23.8 Å². The number of nitrogens with zero attached hydrogens (tertiary/aromatic N) is 1. The molecule has 0 aliphatic carbocycles. The quantitative estimate of drug-likeness (QED) is 0.163. The molecule has 0 fully saturated rings. The smallest absolute Gasteiger partial charge is 0.345 e. The number of carboxylic acids is 1. The van der Waals surface area contributed by atoms with Gasteiger partial charge in [0.25, 0.3) is 5.91 Å². The van der Waals surface area contributed by atoms with E-state index in [4.69, 9.17) is 9.15 Å². The average molecular weight is 615 g/mol. The van der Waals surface area contributed by atoms with Gasteiger partial charge in [0, 0.05) is 31.0 Å². The number of carbonyl (C=O) groups excluding carboxylic acids is 1. The molecule has 0 aliphatic rings. The number of rotatable bonds is 11. The van der Waals surface area contributed by atoms with Crippen molar-refractivity contribution in [2.45, 2.75) is 45.3 Å². The average Bonchev–Trinajstić information content (AvgIpc) is 3.35. The van der Waals surface area contributed by atoms with Crippen LogP contribution in [0.2, 0.25) is 0 Å². The Morgan fingerprint density at radius 2 is 1.71 bits per heavy atom. The van der Waals surface area contributed by atoms with Crippen molar-refractivity contribution in [1.82, 2.24) is 4.90 Å². The van der Waals surface area contributed by atoms with E-state index in [-0.39, 0.29) is 12.3 Å². The number of aliphatic carboxylic acids is 1. The first-order chi connectivity index (χ1) is 19.9. The lowest BCUT2D eigenvalue weighted by molar-refractivity contribution is -0.145. The summed E-state index contributed by atoms with van der Waals surface area (Å²) in [7, 11) is 1.79. The first-order valence-electron chi connectivity index (χ1n) is 13.8. The molecule has 1 N–H and O–H groups in total. The highest BCUT2D eigenvalue weighted by atomic mass is 79.9. The van der Waals surface area contributed by atoms with Crippen LogP contribution in [0.15, 0.2) is 93.8 Å². The molecule has 1 unspecified atom stereocenters. The van der Waals surface area contributed by atoms with Crippen molar-refractivity contribution >= 4 is 49.5 Å². The highest BCUT2D eigenvalue weighted by Gasteiger charge is 2.24. The maximum Gasteiger partial charge on any atom is 0.345 e. The number of aryl methyl sites for hydroxylation is 1. The molecular formula is C34H32BrNO5. The van der Waals surface area contributed by atoms with Crippen LogP contribution >= 0.6 is 15.9 Å². The fourth-order valence-corrected chi connectivity index (χ4v) is 5.65. The minimum absolute atomic E-state index is 0.143. The third kappa shape index (κ3) is 6.30. The predicted octanol–water partition coefficient (Wildman–Crippen LogP) is 8.04. The van der Waals surface area contributed by atoms with Crippen molar-refractivity contribution in [3.63, 3.8) is 0 Å². The monoisotopic (exact) mass is 613 g/mol. The number of ether oxygens (including phenoxy) is 1. The molecule has 0 spiro atoms. The molecule has 0 saturated heterocycles. The van der Waals surface area contributed by atoms with Gasteiger partial charge in [-0.25, -0.2) is 4.79 Å². The summed E-state index contributed by atoms with van der Waals surface area (Å²) in [5.41, 5.74) is 3.56. The highest BCUT2D eigenvalue weighted by molar-refractivity contribution is 9.10. The molecule has 5 rings (SSSR count). The van der Waals surface area contributed by atoms with Crippen LogP contribution in [0.25, 0.3) is 21.7 Å². The molecule has 1 atom stereocenters. The van der Waals surface area contributed by atoms with Crippen LogP contribution in [0.5, 0.6) is 5.75 Å². The van der Waals surface area contributed by atoms with Crippen molar-refractivity contribution in [1.29, 1.82) is 0 Å². The number of para-hydroxylation sites is 1. The summed E-state index contributed by atoms with van der Waals surface area (Å²) in [6.07, 6.45) is 2.05. The van der Waals surface area contributed by atoms with Gasteiger partial charge < -0.3 is 19.2 Å². The molecule has 5 aromatic rings. The van der Waals surface area contributed by atoms with Crippen molar-refractivity contribution in [2.75, 3.05) is 7.05 Å². The van der Waals surface area contributed by atoms with Crippen molar-refractivity contribution in [2.24, 2.45) is 0 Å². The van der Waals surface area contributed by atoms with Gasteiger partial charge in [-0.2, -0.15) is 0 Å². The predicted molar refractivity (Wildman–Crippen MR) is 164 cm³/mol. The number of fused-ring (bicyclic) bond motifs is 2.